The first kappa shape index (κ1) is 24.9. The Bertz CT molecular complexity index is 817. The van der Waals surface area contributed by atoms with Crippen LogP contribution in [0.5, 0.6) is 5.75 Å². The highest BCUT2D eigenvalue weighted by Crippen LogP contribution is 2.35. The highest BCUT2D eigenvalue weighted by molar-refractivity contribution is 14.0. The minimum atomic E-state index is 0. The van der Waals surface area contributed by atoms with Crippen molar-refractivity contribution in [2.75, 3.05) is 33.4 Å². The molecule has 166 valence electrons. The Morgan fingerprint density at radius 3 is 2.47 bits per heavy atom. The number of guanidine groups is 1. The Hall–Kier alpha value is -1.39. The molecule has 0 spiro atoms. The normalized spacial score (nSPS) is 15.9. The summed E-state index contributed by atoms with van der Waals surface area (Å²) in [5.41, 5.74) is 2.42. The van der Waals surface area contributed by atoms with Crippen LogP contribution in [0.2, 0.25) is 0 Å². The smallest absolute Gasteiger partial charge is 0.191 e. The molecular formula is C22H33IN4O2S. The summed E-state index contributed by atoms with van der Waals surface area (Å²) in [5.74, 6) is 1.73. The molecule has 0 atom stereocenters. The van der Waals surface area contributed by atoms with E-state index in [1.807, 2.05) is 19.1 Å². The topological polar surface area (TPSA) is 67.8 Å². The van der Waals surface area contributed by atoms with Crippen molar-refractivity contribution in [1.82, 2.24) is 15.6 Å². The third kappa shape index (κ3) is 6.31. The summed E-state index contributed by atoms with van der Waals surface area (Å²) in [5, 5.41) is 8.06. The lowest BCUT2D eigenvalue weighted by molar-refractivity contribution is 0.0513. The molecule has 6 nitrogen and oxygen atoms in total. The second kappa shape index (κ2) is 11.9. The summed E-state index contributed by atoms with van der Waals surface area (Å²) in [6, 6.07) is 8.44. The van der Waals surface area contributed by atoms with E-state index in [0.717, 1.165) is 61.6 Å². The number of rotatable bonds is 7. The number of benzene rings is 1. The molecule has 0 radical (unpaired) electrons. The van der Waals surface area contributed by atoms with E-state index in [-0.39, 0.29) is 29.4 Å². The van der Waals surface area contributed by atoms with Crippen LogP contribution >= 0.6 is 35.3 Å². The quantitative estimate of drug-likeness (QED) is 0.311. The number of halogens is 1. The van der Waals surface area contributed by atoms with Gasteiger partial charge in [0.25, 0.3) is 0 Å². The van der Waals surface area contributed by atoms with E-state index >= 15 is 0 Å². The second-order valence-electron chi connectivity index (χ2n) is 7.41. The SMILES string of the molecule is CCNC(=NCc1sc(C)nc1C)NCC1(c2ccc(OC)cc2)CCOCC1.I. The maximum atomic E-state index is 5.66. The number of hydrogen-bond donors (Lipinski definition) is 2. The second-order valence-corrected chi connectivity index (χ2v) is 8.70. The molecule has 2 aromatic rings. The van der Waals surface area contributed by atoms with Gasteiger partial charge in [-0.1, -0.05) is 12.1 Å². The molecular weight excluding hydrogens is 511 g/mol. The Balaban J connectivity index is 0.00000320. The van der Waals surface area contributed by atoms with E-state index in [2.05, 4.69) is 41.6 Å². The maximum Gasteiger partial charge on any atom is 0.191 e. The number of methoxy groups -OCH3 is 1. The van der Waals surface area contributed by atoms with Crippen LogP contribution in [-0.2, 0) is 16.7 Å². The van der Waals surface area contributed by atoms with Gasteiger partial charge in [-0.15, -0.1) is 35.3 Å². The zero-order valence-corrected chi connectivity index (χ0v) is 21.4. The maximum absolute atomic E-state index is 5.66. The van der Waals surface area contributed by atoms with Crippen LogP contribution < -0.4 is 15.4 Å². The fourth-order valence-corrected chi connectivity index (χ4v) is 4.60. The molecule has 2 N–H and O–H groups in total. The van der Waals surface area contributed by atoms with Crippen molar-refractivity contribution in [1.29, 1.82) is 0 Å². The van der Waals surface area contributed by atoms with Crippen LogP contribution in [0.3, 0.4) is 0 Å². The van der Waals surface area contributed by atoms with Crippen LogP contribution in [0, 0.1) is 13.8 Å². The molecule has 2 heterocycles. The number of hydrogen-bond acceptors (Lipinski definition) is 5. The summed E-state index contributed by atoms with van der Waals surface area (Å²) < 4.78 is 11.0. The van der Waals surface area contributed by atoms with Crippen molar-refractivity contribution < 1.29 is 9.47 Å². The number of ether oxygens (including phenoxy) is 2. The van der Waals surface area contributed by atoms with Crippen molar-refractivity contribution in [3.05, 3.63) is 45.4 Å². The van der Waals surface area contributed by atoms with Gasteiger partial charge in [-0.05, 0) is 51.3 Å². The zero-order chi connectivity index (χ0) is 20.7. The minimum absolute atomic E-state index is 0. The van der Waals surface area contributed by atoms with Crippen molar-refractivity contribution in [2.24, 2.45) is 4.99 Å². The molecule has 30 heavy (non-hydrogen) atoms. The van der Waals surface area contributed by atoms with Gasteiger partial charge >= 0.3 is 0 Å². The number of aliphatic imine (C=N–C) groups is 1. The van der Waals surface area contributed by atoms with E-state index < -0.39 is 0 Å². The molecule has 1 saturated heterocycles. The van der Waals surface area contributed by atoms with Gasteiger partial charge in [0, 0.05) is 36.6 Å². The van der Waals surface area contributed by atoms with Gasteiger partial charge < -0.3 is 20.1 Å². The van der Waals surface area contributed by atoms with Gasteiger partial charge in [0.15, 0.2) is 5.96 Å². The van der Waals surface area contributed by atoms with E-state index in [1.165, 1.54) is 10.4 Å². The first-order valence-electron chi connectivity index (χ1n) is 10.2. The van der Waals surface area contributed by atoms with Crippen LogP contribution in [0.15, 0.2) is 29.3 Å². The summed E-state index contributed by atoms with van der Waals surface area (Å²) in [4.78, 5) is 10.5. The lowest BCUT2D eigenvalue weighted by atomic mass is 9.74. The Morgan fingerprint density at radius 1 is 1.20 bits per heavy atom. The third-order valence-corrected chi connectivity index (χ3v) is 6.53. The standard InChI is InChI=1S/C22H32N4O2S.HI/c1-5-23-21(24-14-20-16(2)26-17(3)29-20)25-15-22(10-12-28-13-11-22)18-6-8-19(27-4)9-7-18;/h6-9H,5,10-15H2,1-4H3,(H2,23,24,25);1H. The lowest BCUT2D eigenvalue weighted by Crippen LogP contribution is -2.48. The van der Waals surface area contributed by atoms with Gasteiger partial charge in [0.2, 0.25) is 0 Å². The highest BCUT2D eigenvalue weighted by atomic mass is 127. The first-order valence-corrected chi connectivity index (χ1v) is 11.1. The Labute approximate surface area is 200 Å². The number of thiazole rings is 1. The van der Waals surface area contributed by atoms with E-state index in [1.54, 1.807) is 18.4 Å². The fourth-order valence-electron chi connectivity index (χ4n) is 3.74. The number of nitrogens with one attached hydrogen (secondary N) is 2. The van der Waals surface area contributed by atoms with E-state index in [4.69, 9.17) is 14.5 Å². The van der Waals surface area contributed by atoms with E-state index in [0.29, 0.717) is 6.54 Å². The summed E-state index contributed by atoms with van der Waals surface area (Å²) in [7, 11) is 1.70. The molecule has 3 rings (SSSR count). The number of aryl methyl sites for hydroxylation is 2. The number of aromatic nitrogens is 1. The molecule has 1 aliphatic rings. The van der Waals surface area contributed by atoms with Gasteiger partial charge in [-0.25, -0.2) is 9.98 Å². The van der Waals surface area contributed by atoms with Crippen LogP contribution in [0.4, 0.5) is 0 Å². The molecule has 1 fully saturated rings. The molecule has 1 aliphatic heterocycles. The molecule has 0 saturated carbocycles. The van der Waals surface area contributed by atoms with Crippen LogP contribution in [-0.4, -0.2) is 44.4 Å². The predicted octanol–water partition coefficient (Wildman–Crippen LogP) is 4.19. The van der Waals surface area contributed by atoms with E-state index in [9.17, 15) is 0 Å². The van der Waals surface area contributed by atoms with Crippen LogP contribution in [0.1, 0.15) is 40.9 Å². The van der Waals surface area contributed by atoms with Crippen molar-refractivity contribution in [3.8, 4) is 5.75 Å². The average Bonchev–Trinajstić information content (AvgIpc) is 3.07. The summed E-state index contributed by atoms with van der Waals surface area (Å²) >= 11 is 1.72. The lowest BCUT2D eigenvalue weighted by Gasteiger charge is -2.38. The fraction of sp³-hybridized carbons (Fsp3) is 0.545. The summed E-state index contributed by atoms with van der Waals surface area (Å²) in [6.07, 6.45) is 1.97. The molecule has 1 aromatic carbocycles. The van der Waals surface area contributed by atoms with Gasteiger partial charge in [-0.2, -0.15) is 0 Å². The van der Waals surface area contributed by atoms with Gasteiger partial charge in [0.1, 0.15) is 5.75 Å². The van der Waals surface area contributed by atoms with Crippen LogP contribution in [0.25, 0.3) is 0 Å². The zero-order valence-electron chi connectivity index (χ0n) is 18.3. The van der Waals surface area contributed by atoms with Crippen molar-refractivity contribution in [2.45, 2.75) is 45.6 Å². The molecule has 8 heteroatoms. The monoisotopic (exact) mass is 544 g/mol. The first-order chi connectivity index (χ1) is 14.1. The Kier molecular flexibility index (Phi) is 9.83. The number of nitrogens with zero attached hydrogens (tertiary/aromatic N) is 2. The Morgan fingerprint density at radius 2 is 1.90 bits per heavy atom. The molecule has 0 amide bonds. The summed E-state index contributed by atoms with van der Waals surface area (Å²) in [6.45, 7) is 10.0. The average molecular weight is 545 g/mol. The van der Waals surface area contributed by atoms with Gasteiger partial charge in [-0.3, -0.25) is 0 Å². The predicted molar refractivity (Wildman–Crippen MR) is 135 cm³/mol. The third-order valence-electron chi connectivity index (χ3n) is 5.47. The molecule has 1 aromatic heterocycles. The molecule has 0 aliphatic carbocycles. The highest BCUT2D eigenvalue weighted by Gasteiger charge is 2.34. The minimum Gasteiger partial charge on any atom is -0.497 e. The molecule has 0 unspecified atom stereocenters. The van der Waals surface area contributed by atoms with Crippen molar-refractivity contribution in [3.63, 3.8) is 0 Å². The van der Waals surface area contributed by atoms with Gasteiger partial charge in [0.05, 0.1) is 24.4 Å². The molecule has 0 bridgehead atoms. The largest absolute Gasteiger partial charge is 0.497 e. The van der Waals surface area contributed by atoms with Crippen molar-refractivity contribution >= 4 is 41.3 Å².